The molecule has 7 nitrogen and oxygen atoms in total. The highest BCUT2D eigenvalue weighted by Gasteiger charge is 2.17. The molecule has 0 bridgehead atoms. The van der Waals surface area contributed by atoms with Crippen LogP contribution >= 0.6 is 0 Å². The molecule has 0 atom stereocenters. The molecule has 0 unspecified atom stereocenters. The third kappa shape index (κ3) is 4.36. The van der Waals surface area contributed by atoms with Crippen molar-refractivity contribution >= 4 is 11.7 Å². The van der Waals surface area contributed by atoms with Crippen molar-refractivity contribution in [2.75, 3.05) is 18.5 Å². The van der Waals surface area contributed by atoms with Gasteiger partial charge in [0.2, 0.25) is 0 Å². The van der Waals surface area contributed by atoms with Crippen molar-refractivity contribution < 1.29 is 9.21 Å². The lowest BCUT2D eigenvalue weighted by Crippen LogP contribution is -2.31. The van der Waals surface area contributed by atoms with E-state index in [2.05, 4.69) is 9.97 Å². The lowest BCUT2D eigenvalue weighted by molar-refractivity contribution is 0.0747. The molecule has 0 fully saturated rings. The number of furan rings is 1. The maximum Gasteiger partial charge on any atom is 0.255 e. The van der Waals surface area contributed by atoms with Crippen LogP contribution in [0.4, 0.5) is 5.82 Å². The minimum Gasteiger partial charge on any atom is -0.464 e. The zero-order valence-electron chi connectivity index (χ0n) is 16.2. The number of aromatic nitrogens is 3. The fourth-order valence-electron chi connectivity index (χ4n) is 2.85. The fraction of sp³-hybridized carbons (Fsp3) is 0.350. The van der Waals surface area contributed by atoms with Crippen LogP contribution in [0.1, 0.15) is 34.6 Å². The van der Waals surface area contributed by atoms with E-state index >= 15 is 0 Å². The summed E-state index contributed by atoms with van der Waals surface area (Å²) in [4.78, 5) is 25.3. The van der Waals surface area contributed by atoms with Crippen LogP contribution < -0.4 is 4.90 Å². The van der Waals surface area contributed by atoms with Crippen LogP contribution in [0, 0.1) is 6.92 Å². The average Bonchev–Trinajstić information content (AvgIpc) is 3.27. The van der Waals surface area contributed by atoms with Crippen LogP contribution in [-0.4, -0.2) is 38.9 Å². The van der Waals surface area contributed by atoms with Gasteiger partial charge in [-0.2, -0.15) is 0 Å². The van der Waals surface area contributed by atoms with E-state index in [1.165, 1.54) is 0 Å². The Morgan fingerprint density at radius 3 is 2.56 bits per heavy atom. The van der Waals surface area contributed by atoms with Gasteiger partial charge in [0, 0.05) is 39.2 Å². The number of nitrogens with zero attached hydrogens (tertiary/aromatic N) is 5. The van der Waals surface area contributed by atoms with Crippen LogP contribution in [0.2, 0.25) is 0 Å². The number of carbonyl (C=O) groups excluding carboxylic acids is 1. The van der Waals surface area contributed by atoms with Crippen molar-refractivity contribution in [2.45, 2.75) is 26.9 Å². The van der Waals surface area contributed by atoms with Crippen LogP contribution in [0.15, 0.2) is 47.3 Å². The van der Waals surface area contributed by atoms with Gasteiger partial charge in [-0.15, -0.1) is 0 Å². The number of carbonyl (C=O) groups is 1. The number of hydrogen-bond donors (Lipinski definition) is 0. The molecule has 0 saturated carbocycles. The molecule has 7 heteroatoms. The van der Waals surface area contributed by atoms with E-state index in [-0.39, 0.29) is 5.91 Å². The Kier molecular flexibility index (Phi) is 5.59. The highest BCUT2D eigenvalue weighted by molar-refractivity contribution is 5.94. The number of imidazole rings is 1. The summed E-state index contributed by atoms with van der Waals surface area (Å²) in [7, 11) is 3.87. The molecule has 3 aromatic rings. The fourth-order valence-corrected chi connectivity index (χ4v) is 2.85. The van der Waals surface area contributed by atoms with E-state index in [0.717, 1.165) is 23.2 Å². The second-order valence-electron chi connectivity index (χ2n) is 6.55. The number of anilines is 1. The number of pyridine rings is 1. The van der Waals surface area contributed by atoms with Crippen molar-refractivity contribution in [3.05, 3.63) is 65.8 Å². The van der Waals surface area contributed by atoms with Crippen LogP contribution in [0.3, 0.4) is 0 Å². The average molecular weight is 367 g/mol. The van der Waals surface area contributed by atoms with Gasteiger partial charge in [-0.05, 0) is 38.1 Å². The summed E-state index contributed by atoms with van der Waals surface area (Å²) in [6, 6.07) is 7.58. The first kappa shape index (κ1) is 18.7. The SMILES string of the molecule is CCN(Cc1nccn1C)C(=O)c1ccc(N(C)Cc2ccc(C)o2)nc1. The zero-order chi connectivity index (χ0) is 19.4. The molecule has 0 radical (unpaired) electrons. The van der Waals surface area contributed by atoms with Crippen molar-refractivity contribution in [3.63, 3.8) is 0 Å². The van der Waals surface area contributed by atoms with Gasteiger partial charge in [0.05, 0.1) is 18.7 Å². The minimum absolute atomic E-state index is 0.0520. The molecule has 0 aliphatic rings. The molecule has 0 N–H and O–H groups in total. The molecular formula is C20H25N5O2. The van der Waals surface area contributed by atoms with Gasteiger partial charge in [0.15, 0.2) is 0 Å². The quantitative estimate of drug-likeness (QED) is 0.642. The molecule has 3 rings (SSSR count). The Labute approximate surface area is 159 Å². The maximum absolute atomic E-state index is 12.8. The van der Waals surface area contributed by atoms with E-state index in [1.54, 1.807) is 17.3 Å². The van der Waals surface area contributed by atoms with E-state index in [9.17, 15) is 4.79 Å². The number of rotatable bonds is 7. The number of hydrogen-bond acceptors (Lipinski definition) is 5. The third-order valence-corrected chi connectivity index (χ3v) is 4.50. The molecule has 27 heavy (non-hydrogen) atoms. The van der Waals surface area contributed by atoms with Crippen molar-refractivity contribution in [1.29, 1.82) is 0 Å². The van der Waals surface area contributed by atoms with E-state index in [1.807, 2.05) is 67.9 Å². The predicted molar refractivity (Wildman–Crippen MR) is 103 cm³/mol. The van der Waals surface area contributed by atoms with Gasteiger partial charge < -0.3 is 18.8 Å². The highest BCUT2D eigenvalue weighted by atomic mass is 16.3. The second kappa shape index (κ2) is 8.07. The number of amides is 1. The van der Waals surface area contributed by atoms with E-state index in [0.29, 0.717) is 25.2 Å². The van der Waals surface area contributed by atoms with Gasteiger partial charge in [-0.1, -0.05) is 0 Å². The third-order valence-electron chi connectivity index (χ3n) is 4.50. The van der Waals surface area contributed by atoms with Crippen molar-refractivity contribution in [3.8, 4) is 0 Å². The van der Waals surface area contributed by atoms with Crippen LogP contribution in [0.25, 0.3) is 0 Å². The predicted octanol–water partition coefficient (Wildman–Crippen LogP) is 3.02. The zero-order valence-corrected chi connectivity index (χ0v) is 16.2. The summed E-state index contributed by atoms with van der Waals surface area (Å²) >= 11 is 0. The Morgan fingerprint density at radius 2 is 2.00 bits per heavy atom. The second-order valence-corrected chi connectivity index (χ2v) is 6.55. The first-order valence-electron chi connectivity index (χ1n) is 8.96. The maximum atomic E-state index is 12.8. The van der Waals surface area contributed by atoms with Gasteiger partial charge in [-0.3, -0.25) is 4.79 Å². The highest BCUT2D eigenvalue weighted by Crippen LogP contribution is 2.16. The van der Waals surface area contributed by atoms with E-state index < -0.39 is 0 Å². The molecular weight excluding hydrogens is 342 g/mol. The van der Waals surface area contributed by atoms with Crippen LogP contribution in [-0.2, 0) is 20.1 Å². The lowest BCUT2D eigenvalue weighted by Gasteiger charge is -2.21. The Hall–Kier alpha value is -3.09. The summed E-state index contributed by atoms with van der Waals surface area (Å²) < 4.78 is 7.52. The largest absolute Gasteiger partial charge is 0.464 e. The van der Waals surface area contributed by atoms with Crippen LogP contribution in [0.5, 0.6) is 0 Å². The molecule has 1 amide bonds. The van der Waals surface area contributed by atoms with Crippen molar-refractivity contribution in [2.24, 2.45) is 7.05 Å². The topological polar surface area (TPSA) is 67.4 Å². The van der Waals surface area contributed by atoms with Gasteiger partial charge in [0.25, 0.3) is 5.91 Å². The molecule has 142 valence electrons. The molecule has 0 aliphatic carbocycles. The van der Waals surface area contributed by atoms with Gasteiger partial charge >= 0.3 is 0 Å². The first-order chi connectivity index (χ1) is 13.0. The minimum atomic E-state index is -0.0520. The molecule has 3 aromatic heterocycles. The Morgan fingerprint density at radius 1 is 1.19 bits per heavy atom. The summed E-state index contributed by atoms with van der Waals surface area (Å²) in [5, 5.41) is 0. The smallest absolute Gasteiger partial charge is 0.255 e. The standard InChI is InChI=1S/C20H25N5O2/c1-5-25(14-19-21-10-11-23(19)3)20(26)16-7-9-18(22-12-16)24(4)13-17-8-6-15(2)27-17/h6-12H,5,13-14H2,1-4H3. The molecule has 0 spiro atoms. The summed E-state index contributed by atoms with van der Waals surface area (Å²) in [5.41, 5.74) is 0.567. The number of aryl methyl sites for hydroxylation is 2. The monoisotopic (exact) mass is 367 g/mol. The Bertz CT molecular complexity index is 897. The van der Waals surface area contributed by atoms with E-state index in [4.69, 9.17) is 4.42 Å². The Balaban J connectivity index is 1.67. The molecule has 0 aliphatic heterocycles. The molecule has 0 aromatic carbocycles. The summed E-state index contributed by atoms with van der Waals surface area (Å²) in [5.74, 6) is 3.35. The van der Waals surface area contributed by atoms with Gasteiger partial charge in [0.1, 0.15) is 23.2 Å². The van der Waals surface area contributed by atoms with Crippen molar-refractivity contribution in [1.82, 2.24) is 19.4 Å². The van der Waals surface area contributed by atoms with Gasteiger partial charge in [-0.25, -0.2) is 9.97 Å². The molecule has 0 saturated heterocycles. The first-order valence-corrected chi connectivity index (χ1v) is 8.96. The normalized spacial score (nSPS) is 10.8. The molecule has 3 heterocycles. The lowest BCUT2D eigenvalue weighted by atomic mass is 10.2. The summed E-state index contributed by atoms with van der Waals surface area (Å²) in [6.45, 7) is 5.58. The summed E-state index contributed by atoms with van der Waals surface area (Å²) in [6.07, 6.45) is 5.24.